The number of hydrogen-bond donors (Lipinski definition) is 1. The van der Waals surface area contributed by atoms with Gasteiger partial charge in [0, 0.05) is 23.4 Å². The average molecular weight is 401 g/mol. The van der Waals surface area contributed by atoms with Gasteiger partial charge in [-0.05, 0) is 80.0 Å². The van der Waals surface area contributed by atoms with Gasteiger partial charge in [-0.1, -0.05) is 17.7 Å². The highest BCUT2D eigenvalue weighted by atomic mass is 35.5. The van der Waals surface area contributed by atoms with Gasteiger partial charge in [0.1, 0.15) is 23.7 Å². The molecule has 1 aliphatic carbocycles. The smallest absolute Gasteiger partial charge is 0.303 e. The van der Waals surface area contributed by atoms with Crippen LogP contribution in [0.1, 0.15) is 54.5 Å². The second-order valence-electron chi connectivity index (χ2n) is 8.31. The molecule has 4 nitrogen and oxygen atoms in total. The summed E-state index contributed by atoms with van der Waals surface area (Å²) in [5.74, 6) is 1.02. The lowest BCUT2D eigenvalue weighted by molar-refractivity contribution is -0.136. The minimum atomic E-state index is -0.759. The molecule has 0 radical (unpaired) electrons. The first-order chi connectivity index (χ1) is 13.3. The Morgan fingerprint density at radius 3 is 2.79 bits per heavy atom. The zero-order chi connectivity index (χ0) is 19.9. The highest BCUT2D eigenvalue weighted by molar-refractivity contribution is 6.30. The fourth-order valence-electron chi connectivity index (χ4n) is 4.37. The SMILES string of the molecule is CC1(C)Cc2cc(Cl)cc(COc3ccc(CCC(=O)O)c4c3CCC4)c2O1. The second-order valence-corrected chi connectivity index (χ2v) is 8.74. The molecule has 148 valence electrons. The van der Waals surface area contributed by atoms with Gasteiger partial charge in [0.15, 0.2) is 0 Å². The fourth-order valence-corrected chi connectivity index (χ4v) is 4.63. The van der Waals surface area contributed by atoms with Crippen molar-refractivity contribution in [1.82, 2.24) is 0 Å². The Morgan fingerprint density at radius 2 is 2.00 bits per heavy atom. The van der Waals surface area contributed by atoms with Crippen LogP contribution in [0.15, 0.2) is 24.3 Å². The van der Waals surface area contributed by atoms with E-state index in [1.165, 1.54) is 11.1 Å². The quantitative estimate of drug-likeness (QED) is 0.729. The van der Waals surface area contributed by atoms with Crippen LogP contribution >= 0.6 is 11.6 Å². The van der Waals surface area contributed by atoms with Crippen molar-refractivity contribution >= 4 is 17.6 Å². The predicted octanol–water partition coefficient (Wildman–Crippen LogP) is 5.14. The summed E-state index contributed by atoms with van der Waals surface area (Å²) in [5, 5.41) is 9.68. The maximum absolute atomic E-state index is 10.9. The summed E-state index contributed by atoms with van der Waals surface area (Å²) in [6.07, 6.45) is 4.62. The molecular weight excluding hydrogens is 376 g/mol. The Labute approximate surface area is 170 Å². The van der Waals surface area contributed by atoms with Gasteiger partial charge in [-0.3, -0.25) is 4.79 Å². The molecule has 1 heterocycles. The normalized spacial score (nSPS) is 16.4. The molecule has 28 heavy (non-hydrogen) atoms. The van der Waals surface area contributed by atoms with Crippen LogP contribution in [0.5, 0.6) is 11.5 Å². The van der Waals surface area contributed by atoms with Gasteiger partial charge in [0.25, 0.3) is 0 Å². The summed E-state index contributed by atoms with van der Waals surface area (Å²) in [6.45, 7) is 4.56. The zero-order valence-corrected chi connectivity index (χ0v) is 17.1. The van der Waals surface area contributed by atoms with Gasteiger partial charge in [0.2, 0.25) is 0 Å². The number of hydrogen-bond acceptors (Lipinski definition) is 3. The van der Waals surface area contributed by atoms with Crippen molar-refractivity contribution in [2.45, 2.75) is 64.6 Å². The van der Waals surface area contributed by atoms with E-state index >= 15 is 0 Å². The number of halogens is 1. The van der Waals surface area contributed by atoms with Crippen LogP contribution in [0.2, 0.25) is 5.02 Å². The van der Waals surface area contributed by atoms with Crippen LogP contribution in [-0.2, 0) is 37.1 Å². The van der Waals surface area contributed by atoms with Gasteiger partial charge in [-0.2, -0.15) is 0 Å². The number of carbonyl (C=O) groups is 1. The third-order valence-electron chi connectivity index (χ3n) is 5.53. The summed E-state index contributed by atoms with van der Waals surface area (Å²) in [6, 6.07) is 7.90. The van der Waals surface area contributed by atoms with Crippen molar-refractivity contribution < 1.29 is 19.4 Å². The molecule has 0 spiro atoms. The van der Waals surface area contributed by atoms with Crippen molar-refractivity contribution in [2.24, 2.45) is 0 Å². The van der Waals surface area contributed by atoms with E-state index in [9.17, 15) is 4.79 Å². The second kappa shape index (κ2) is 7.32. The molecule has 2 aromatic rings. The number of carboxylic acids is 1. The summed E-state index contributed by atoms with van der Waals surface area (Å²) >= 11 is 6.32. The first-order valence-corrected chi connectivity index (χ1v) is 10.2. The van der Waals surface area contributed by atoms with Gasteiger partial charge in [-0.25, -0.2) is 0 Å². The number of rotatable bonds is 6. The van der Waals surface area contributed by atoms with Gasteiger partial charge < -0.3 is 14.6 Å². The highest BCUT2D eigenvalue weighted by Gasteiger charge is 2.32. The Hall–Kier alpha value is -2.20. The number of aliphatic carboxylic acids is 1. The lowest BCUT2D eigenvalue weighted by Crippen LogP contribution is -2.25. The molecule has 2 aliphatic rings. The minimum absolute atomic E-state index is 0.161. The van der Waals surface area contributed by atoms with E-state index in [2.05, 4.69) is 13.8 Å². The molecule has 0 unspecified atom stereocenters. The molecule has 1 aliphatic heterocycles. The summed E-state index contributed by atoms with van der Waals surface area (Å²) in [7, 11) is 0. The van der Waals surface area contributed by atoms with E-state index in [0.29, 0.717) is 18.1 Å². The number of fused-ring (bicyclic) bond motifs is 2. The molecular formula is C23H25ClO4. The molecule has 0 atom stereocenters. The van der Waals surface area contributed by atoms with Crippen molar-refractivity contribution in [2.75, 3.05) is 0 Å². The molecule has 0 aromatic heterocycles. The maximum Gasteiger partial charge on any atom is 0.303 e. The van der Waals surface area contributed by atoms with Crippen LogP contribution < -0.4 is 9.47 Å². The number of aryl methyl sites for hydroxylation is 1. The Bertz CT molecular complexity index is 933. The van der Waals surface area contributed by atoms with Crippen LogP contribution in [0, 0.1) is 0 Å². The molecule has 2 aromatic carbocycles. The topological polar surface area (TPSA) is 55.8 Å². The van der Waals surface area contributed by atoms with Crippen LogP contribution in [-0.4, -0.2) is 16.7 Å². The number of ether oxygens (including phenoxy) is 2. The lowest BCUT2D eigenvalue weighted by Gasteiger charge is -2.19. The summed E-state index contributed by atoms with van der Waals surface area (Å²) in [4.78, 5) is 10.9. The molecule has 0 saturated carbocycles. The fraction of sp³-hybridized carbons (Fsp3) is 0.435. The number of benzene rings is 2. The summed E-state index contributed by atoms with van der Waals surface area (Å²) < 4.78 is 12.3. The van der Waals surface area contributed by atoms with Crippen molar-refractivity contribution in [3.8, 4) is 11.5 Å². The first-order valence-electron chi connectivity index (χ1n) is 9.81. The van der Waals surface area contributed by atoms with E-state index in [1.807, 2.05) is 24.3 Å². The number of carboxylic acid groups (broad SMARTS) is 1. The molecule has 5 heteroatoms. The Balaban J connectivity index is 1.56. The molecule has 0 fully saturated rings. The van der Waals surface area contributed by atoms with Crippen molar-refractivity contribution in [3.63, 3.8) is 0 Å². The third-order valence-corrected chi connectivity index (χ3v) is 5.75. The van der Waals surface area contributed by atoms with Crippen molar-refractivity contribution in [1.29, 1.82) is 0 Å². The Morgan fingerprint density at radius 1 is 1.21 bits per heavy atom. The maximum atomic E-state index is 10.9. The van der Waals surface area contributed by atoms with Gasteiger partial charge in [0.05, 0.1) is 0 Å². The standard InChI is InChI=1S/C23H25ClO4/c1-23(2)12-15-10-17(24)11-16(22(15)28-23)13-27-20-8-6-14(7-9-21(25)26)18-4-3-5-19(18)20/h6,8,10-11H,3-5,7,9,12-13H2,1-2H3,(H,25,26). The van der Waals surface area contributed by atoms with E-state index in [0.717, 1.165) is 53.9 Å². The van der Waals surface area contributed by atoms with E-state index < -0.39 is 5.97 Å². The monoisotopic (exact) mass is 400 g/mol. The minimum Gasteiger partial charge on any atom is -0.488 e. The molecule has 0 saturated heterocycles. The van der Waals surface area contributed by atoms with Gasteiger partial charge >= 0.3 is 5.97 Å². The van der Waals surface area contributed by atoms with Gasteiger partial charge in [-0.15, -0.1) is 0 Å². The zero-order valence-electron chi connectivity index (χ0n) is 16.3. The molecule has 0 bridgehead atoms. The average Bonchev–Trinajstić information content (AvgIpc) is 3.21. The van der Waals surface area contributed by atoms with Crippen LogP contribution in [0.25, 0.3) is 0 Å². The van der Waals surface area contributed by atoms with Crippen LogP contribution in [0.3, 0.4) is 0 Å². The van der Waals surface area contributed by atoms with Crippen molar-refractivity contribution in [3.05, 3.63) is 57.1 Å². The Kier molecular flexibility index (Phi) is 5.00. The lowest BCUT2D eigenvalue weighted by atomic mass is 9.98. The van der Waals surface area contributed by atoms with E-state index in [1.54, 1.807) is 0 Å². The highest BCUT2D eigenvalue weighted by Crippen LogP contribution is 2.41. The molecule has 4 rings (SSSR count). The molecule has 1 N–H and O–H groups in total. The third kappa shape index (κ3) is 3.83. The largest absolute Gasteiger partial charge is 0.488 e. The predicted molar refractivity (Wildman–Crippen MR) is 109 cm³/mol. The van der Waals surface area contributed by atoms with E-state index in [-0.39, 0.29) is 12.0 Å². The van der Waals surface area contributed by atoms with Crippen LogP contribution in [0.4, 0.5) is 0 Å². The van der Waals surface area contributed by atoms with E-state index in [4.69, 9.17) is 26.2 Å². The summed E-state index contributed by atoms with van der Waals surface area (Å²) in [5.41, 5.74) is 5.50. The first kappa shape index (κ1) is 19.1. The molecule has 0 amide bonds.